The summed E-state index contributed by atoms with van der Waals surface area (Å²) in [6.07, 6.45) is 6.84. The molecule has 1 fully saturated rings. The Kier molecular flexibility index (Phi) is 4.18. The number of aliphatic hydroxyl groups is 2. The van der Waals surface area contributed by atoms with Gasteiger partial charge in [0.1, 0.15) is 5.60 Å². The molecule has 4 heteroatoms. The van der Waals surface area contributed by atoms with Crippen LogP contribution >= 0.6 is 23.5 Å². The van der Waals surface area contributed by atoms with Gasteiger partial charge in [0, 0.05) is 5.92 Å². The van der Waals surface area contributed by atoms with Crippen LogP contribution in [-0.2, 0) is 0 Å². The van der Waals surface area contributed by atoms with E-state index in [0.717, 1.165) is 24.3 Å². The van der Waals surface area contributed by atoms with E-state index in [1.54, 1.807) is 0 Å². The Hall–Kier alpha value is 0.360. The van der Waals surface area contributed by atoms with E-state index >= 15 is 0 Å². The van der Waals surface area contributed by atoms with Gasteiger partial charge in [-0.25, -0.2) is 0 Å². The van der Waals surface area contributed by atoms with Crippen LogP contribution < -0.4 is 0 Å². The van der Waals surface area contributed by atoms with Crippen molar-refractivity contribution in [3.8, 4) is 0 Å². The monoisotopic (exact) mass is 274 g/mol. The molecule has 0 unspecified atom stereocenters. The molecule has 0 amide bonds. The van der Waals surface area contributed by atoms with Crippen molar-refractivity contribution in [3.63, 3.8) is 0 Å². The van der Waals surface area contributed by atoms with Crippen molar-refractivity contribution < 1.29 is 10.2 Å². The van der Waals surface area contributed by atoms with Gasteiger partial charge in [0.15, 0.2) is 0 Å². The molecule has 0 aromatic rings. The SMILES string of the molecule is CC(C)(O)[C@H]1C=C[C@](O)(C2SCCCS2)CC1. The molecular formula is C13H22O2S2. The molecule has 17 heavy (non-hydrogen) atoms. The molecule has 2 nitrogen and oxygen atoms in total. The third-order valence-electron chi connectivity index (χ3n) is 3.62. The standard InChI is InChI=1S/C13H22O2S2/c1-12(2,14)10-4-6-13(15,7-5-10)11-16-8-3-9-17-11/h4,6,10-11,14-15H,3,5,7-9H2,1-2H3/t10-,13+/m0/s1. The summed E-state index contributed by atoms with van der Waals surface area (Å²) in [6.45, 7) is 3.69. The summed E-state index contributed by atoms with van der Waals surface area (Å²) in [5.41, 5.74) is -1.35. The van der Waals surface area contributed by atoms with Crippen molar-refractivity contribution >= 4 is 23.5 Å². The maximum atomic E-state index is 10.7. The fourth-order valence-electron chi connectivity index (χ4n) is 2.41. The molecule has 0 aromatic heterocycles. The lowest BCUT2D eigenvalue weighted by Gasteiger charge is -2.40. The highest BCUT2D eigenvalue weighted by Gasteiger charge is 2.40. The Morgan fingerprint density at radius 1 is 1.29 bits per heavy atom. The zero-order valence-corrected chi connectivity index (χ0v) is 12.2. The molecule has 2 rings (SSSR count). The van der Waals surface area contributed by atoms with Gasteiger partial charge in [-0.05, 0) is 44.6 Å². The Labute approximate surface area is 112 Å². The molecule has 2 aliphatic rings. The molecule has 0 saturated carbocycles. The maximum Gasteiger partial charge on any atom is 0.104 e. The lowest BCUT2D eigenvalue weighted by atomic mass is 9.78. The molecule has 2 atom stereocenters. The summed E-state index contributed by atoms with van der Waals surface area (Å²) in [5.74, 6) is 2.48. The van der Waals surface area contributed by atoms with Crippen LogP contribution in [-0.4, -0.2) is 37.5 Å². The van der Waals surface area contributed by atoms with Crippen molar-refractivity contribution in [1.82, 2.24) is 0 Å². The van der Waals surface area contributed by atoms with E-state index in [0.29, 0.717) is 0 Å². The van der Waals surface area contributed by atoms with Crippen molar-refractivity contribution in [2.24, 2.45) is 5.92 Å². The minimum atomic E-state index is -0.676. The average Bonchev–Trinajstić information content (AvgIpc) is 2.29. The molecular weight excluding hydrogens is 252 g/mol. The van der Waals surface area contributed by atoms with Crippen LogP contribution in [0.25, 0.3) is 0 Å². The molecule has 1 heterocycles. The first-order valence-corrected chi connectivity index (χ1v) is 8.39. The van der Waals surface area contributed by atoms with E-state index in [-0.39, 0.29) is 10.5 Å². The van der Waals surface area contributed by atoms with Crippen LogP contribution in [0.4, 0.5) is 0 Å². The predicted octanol–water partition coefficient (Wildman–Crippen LogP) is 2.65. The minimum Gasteiger partial charge on any atom is -0.390 e. The molecule has 1 aliphatic heterocycles. The van der Waals surface area contributed by atoms with Crippen molar-refractivity contribution in [2.45, 2.75) is 48.9 Å². The summed E-state index contributed by atoms with van der Waals surface area (Å²) in [6, 6.07) is 0. The molecule has 1 saturated heterocycles. The van der Waals surface area contributed by atoms with Crippen LogP contribution in [0, 0.1) is 5.92 Å². The molecule has 1 aliphatic carbocycles. The second-order valence-corrected chi connectivity index (χ2v) is 8.30. The molecule has 2 N–H and O–H groups in total. The Bertz CT molecular complexity index is 292. The van der Waals surface area contributed by atoms with E-state index in [2.05, 4.69) is 0 Å². The first-order valence-electron chi connectivity index (χ1n) is 6.29. The summed E-state index contributed by atoms with van der Waals surface area (Å²) in [4.78, 5) is 0. The number of thioether (sulfide) groups is 2. The second kappa shape index (κ2) is 5.16. The van der Waals surface area contributed by atoms with Crippen LogP contribution in [0.5, 0.6) is 0 Å². The fourth-order valence-corrected chi connectivity index (χ4v) is 5.58. The molecule has 0 spiro atoms. The molecule has 98 valence electrons. The zero-order valence-electron chi connectivity index (χ0n) is 10.6. The highest BCUT2D eigenvalue weighted by atomic mass is 32.2. The summed E-state index contributed by atoms with van der Waals surface area (Å²) < 4.78 is 0.273. The summed E-state index contributed by atoms with van der Waals surface area (Å²) in [5, 5.41) is 20.6. The first-order chi connectivity index (χ1) is 7.92. The van der Waals surface area contributed by atoms with Gasteiger partial charge in [-0.2, -0.15) is 0 Å². The quantitative estimate of drug-likeness (QED) is 0.760. The third kappa shape index (κ3) is 3.22. The fraction of sp³-hybridized carbons (Fsp3) is 0.846. The Morgan fingerprint density at radius 2 is 1.94 bits per heavy atom. The number of rotatable bonds is 2. The van der Waals surface area contributed by atoms with Gasteiger partial charge in [-0.3, -0.25) is 0 Å². The van der Waals surface area contributed by atoms with Gasteiger partial charge >= 0.3 is 0 Å². The Morgan fingerprint density at radius 3 is 2.41 bits per heavy atom. The van der Waals surface area contributed by atoms with Gasteiger partial charge in [-0.15, -0.1) is 23.5 Å². The van der Waals surface area contributed by atoms with Gasteiger partial charge < -0.3 is 10.2 Å². The topological polar surface area (TPSA) is 40.5 Å². The van der Waals surface area contributed by atoms with Crippen LogP contribution in [0.1, 0.15) is 33.1 Å². The average molecular weight is 274 g/mol. The van der Waals surface area contributed by atoms with E-state index < -0.39 is 11.2 Å². The van der Waals surface area contributed by atoms with Crippen LogP contribution in [0.15, 0.2) is 12.2 Å². The normalized spacial score (nSPS) is 36.1. The smallest absolute Gasteiger partial charge is 0.104 e. The lowest BCUT2D eigenvalue weighted by Crippen LogP contribution is -2.43. The molecule has 0 bridgehead atoms. The van der Waals surface area contributed by atoms with Crippen molar-refractivity contribution in [1.29, 1.82) is 0 Å². The van der Waals surface area contributed by atoms with Crippen LogP contribution in [0.2, 0.25) is 0 Å². The van der Waals surface area contributed by atoms with E-state index in [1.165, 1.54) is 6.42 Å². The largest absolute Gasteiger partial charge is 0.390 e. The lowest BCUT2D eigenvalue weighted by molar-refractivity contribution is 0.0108. The minimum absolute atomic E-state index is 0.168. The summed E-state index contributed by atoms with van der Waals surface area (Å²) in [7, 11) is 0. The van der Waals surface area contributed by atoms with Crippen LogP contribution in [0.3, 0.4) is 0 Å². The third-order valence-corrected chi connectivity index (χ3v) is 6.90. The van der Waals surface area contributed by atoms with Gasteiger partial charge in [-0.1, -0.05) is 12.2 Å². The Balaban J connectivity index is 2.04. The van der Waals surface area contributed by atoms with E-state index in [1.807, 2.05) is 49.5 Å². The van der Waals surface area contributed by atoms with Crippen molar-refractivity contribution in [2.75, 3.05) is 11.5 Å². The van der Waals surface area contributed by atoms with Gasteiger partial charge in [0.2, 0.25) is 0 Å². The first kappa shape index (κ1) is 13.8. The zero-order chi connectivity index (χ0) is 12.5. The van der Waals surface area contributed by atoms with Gasteiger partial charge in [0.25, 0.3) is 0 Å². The molecule has 0 aromatic carbocycles. The van der Waals surface area contributed by atoms with Gasteiger partial charge in [0.05, 0.1) is 10.2 Å². The summed E-state index contributed by atoms with van der Waals surface area (Å²) >= 11 is 3.75. The highest BCUT2D eigenvalue weighted by molar-refractivity contribution is 8.17. The van der Waals surface area contributed by atoms with E-state index in [4.69, 9.17) is 0 Å². The second-order valence-electron chi connectivity index (χ2n) is 5.58. The maximum absolute atomic E-state index is 10.7. The highest BCUT2D eigenvalue weighted by Crippen LogP contribution is 2.44. The number of hydrogen-bond donors (Lipinski definition) is 2. The predicted molar refractivity (Wildman–Crippen MR) is 76.4 cm³/mol. The van der Waals surface area contributed by atoms with E-state index in [9.17, 15) is 10.2 Å². The molecule has 0 radical (unpaired) electrons. The van der Waals surface area contributed by atoms with Crippen molar-refractivity contribution in [3.05, 3.63) is 12.2 Å². The number of hydrogen-bond acceptors (Lipinski definition) is 4.